The Morgan fingerprint density at radius 1 is 1.36 bits per heavy atom. The van der Waals surface area contributed by atoms with E-state index in [-0.39, 0.29) is 16.7 Å². The van der Waals surface area contributed by atoms with Crippen molar-refractivity contribution in [2.75, 3.05) is 32.7 Å². The van der Waals surface area contributed by atoms with Crippen LogP contribution < -0.4 is 10.6 Å². The minimum absolute atomic E-state index is 0.118. The first-order valence-corrected chi connectivity index (χ1v) is 10.2. The Morgan fingerprint density at radius 3 is 2.76 bits per heavy atom. The maximum atomic E-state index is 11.7. The molecule has 0 aromatic rings. The second-order valence-corrected chi connectivity index (χ2v) is 9.12. The third kappa shape index (κ3) is 4.29. The third-order valence-corrected chi connectivity index (χ3v) is 6.59. The Balaban J connectivity index is 1.68. The van der Waals surface area contributed by atoms with Crippen LogP contribution in [0.1, 0.15) is 65.7 Å². The summed E-state index contributed by atoms with van der Waals surface area (Å²) >= 11 is 0. The number of nitrogens with zero attached hydrogens (tertiary/aromatic N) is 2. The lowest BCUT2D eigenvalue weighted by Crippen LogP contribution is -2.51. The molecule has 1 saturated carbocycles. The molecule has 0 bridgehead atoms. The highest BCUT2D eigenvalue weighted by Crippen LogP contribution is 2.40. The number of hydrogen-bond donors (Lipinski definition) is 2. The summed E-state index contributed by atoms with van der Waals surface area (Å²) < 4.78 is 0. The average Bonchev–Trinajstić information content (AvgIpc) is 3.23. The van der Waals surface area contributed by atoms with Gasteiger partial charge in [-0.25, -0.2) is 0 Å². The number of likely N-dealkylation sites (tertiary alicyclic amines) is 1. The number of hydrogen-bond acceptors (Lipinski definition) is 2. The maximum absolute atomic E-state index is 11.7. The van der Waals surface area contributed by atoms with Crippen molar-refractivity contribution in [3.8, 4) is 0 Å². The van der Waals surface area contributed by atoms with Crippen LogP contribution in [-0.4, -0.2) is 49.5 Å². The molecule has 2 aliphatic heterocycles. The number of aliphatic imine (C=N–C) groups is 1. The molecule has 1 amide bonds. The fourth-order valence-corrected chi connectivity index (χ4v) is 4.97. The molecule has 3 aliphatic rings. The van der Waals surface area contributed by atoms with Crippen molar-refractivity contribution in [2.45, 2.75) is 65.7 Å². The van der Waals surface area contributed by atoms with Crippen LogP contribution in [0.15, 0.2) is 4.99 Å². The molecule has 1 aliphatic carbocycles. The number of nitrogens with one attached hydrogen (secondary N) is 2. The summed E-state index contributed by atoms with van der Waals surface area (Å²) in [6, 6.07) is 0. The van der Waals surface area contributed by atoms with Gasteiger partial charge in [0, 0.05) is 44.6 Å². The van der Waals surface area contributed by atoms with E-state index in [1.54, 1.807) is 0 Å². The van der Waals surface area contributed by atoms with Crippen LogP contribution in [0.5, 0.6) is 0 Å². The Bertz CT molecular complexity index is 510. The summed E-state index contributed by atoms with van der Waals surface area (Å²) in [5.74, 6) is 2.07. The van der Waals surface area contributed by atoms with Gasteiger partial charge in [0.25, 0.3) is 0 Å². The second kappa shape index (κ2) is 7.55. The number of amides is 1. The molecule has 2 saturated heterocycles. The van der Waals surface area contributed by atoms with Crippen molar-refractivity contribution in [1.82, 2.24) is 15.5 Å². The van der Waals surface area contributed by atoms with Crippen molar-refractivity contribution < 1.29 is 4.79 Å². The smallest absolute Gasteiger partial charge is 0.220 e. The highest BCUT2D eigenvalue weighted by molar-refractivity contribution is 5.81. The molecule has 3 fully saturated rings. The summed E-state index contributed by atoms with van der Waals surface area (Å²) in [5.41, 5.74) is 0.391. The van der Waals surface area contributed by atoms with E-state index in [1.165, 1.54) is 25.7 Å². The molecule has 1 spiro atoms. The number of carbonyl (C=O) groups excluding carboxylic acids is 1. The number of rotatable bonds is 4. The molecule has 1 unspecified atom stereocenters. The molecule has 5 nitrogen and oxygen atoms in total. The number of carbonyl (C=O) groups is 1. The lowest BCUT2D eigenvalue weighted by molar-refractivity contribution is -0.119. The fourth-order valence-electron chi connectivity index (χ4n) is 4.97. The van der Waals surface area contributed by atoms with Gasteiger partial charge in [0.05, 0.1) is 0 Å². The summed E-state index contributed by atoms with van der Waals surface area (Å²) in [6.45, 7) is 11.5. The lowest BCUT2D eigenvalue weighted by atomic mass is 9.78. The molecule has 25 heavy (non-hydrogen) atoms. The first kappa shape index (κ1) is 18.5. The SMILES string of the molecule is CCNC(=NCC(C)(C)C1CCCC1)N1CCCC2(CNC(=O)C2)C1. The highest BCUT2D eigenvalue weighted by Gasteiger charge is 2.42. The van der Waals surface area contributed by atoms with E-state index >= 15 is 0 Å². The van der Waals surface area contributed by atoms with Gasteiger partial charge < -0.3 is 15.5 Å². The molecule has 0 radical (unpaired) electrons. The van der Waals surface area contributed by atoms with Crippen molar-refractivity contribution in [3.63, 3.8) is 0 Å². The van der Waals surface area contributed by atoms with E-state index < -0.39 is 0 Å². The minimum Gasteiger partial charge on any atom is -0.357 e. The van der Waals surface area contributed by atoms with Crippen LogP contribution in [0.3, 0.4) is 0 Å². The quantitative estimate of drug-likeness (QED) is 0.607. The average molecular weight is 349 g/mol. The molecule has 2 heterocycles. The monoisotopic (exact) mass is 348 g/mol. The van der Waals surface area contributed by atoms with Crippen LogP contribution >= 0.6 is 0 Å². The molecule has 5 heteroatoms. The van der Waals surface area contributed by atoms with E-state index in [9.17, 15) is 4.79 Å². The predicted octanol–water partition coefficient (Wildman–Crippen LogP) is 2.77. The summed E-state index contributed by atoms with van der Waals surface area (Å²) in [4.78, 5) is 19.2. The van der Waals surface area contributed by atoms with Gasteiger partial charge in [-0.3, -0.25) is 9.79 Å². The Hall–Kier alpha value is -1.26. The first-order chi connectivity index (χ1) is 11.9. The van der Waals surface area contributed by atoms with Gasteiger partial charge >= 0.3 is 0 Å². The topological polar surface area (TPSA) is 56.7 Å². The molecule has 0 aromatic heterocycles. The Morgan fingerprint density at radius 2 is 2.12 bits per heavy atom. The fraction of sp³-hybridized carbons (Fsp3) is 0.900. The zero-order valence-electron chi connectivity index (χ0n) is 16.4. The van der Waals surface area contributed by atoms with Gasteiger partial charge in [-0.2, -0.15) is 0 Å². The predicted molar refractivity (Wildman–Crippen MR) is 103 cm³/mol. The Labute approximate surface area is 153 Å². The van der Waals surface area contributed by atoms with Crippen molar-refractivity contribution in [3.05, 3.63) is 0 Å². The molecular formula is C20H36N4O. The van der Waals surface area contributed by atoms with Gasteiger partial charge in [0.1, 0.15) is 0 Å². The van der Waals surface area contributed by atoms with Gasteiger partial charge in [0.2, 0.25) is 5.91 Å². The largest absolute Gasteiger partial charge is 0.357 e. The van der Waals surface area contributed by atoms with E-state index in [0.29, 0.717) is 6.42 Å². The summed E-state index contributed by atoms with van der Waals surface area (Å²) in [6.07, 6.45) is 8.46. The van der Waals surface area contributed by atoms with Gasteiger partial charge in [-0.15, -0.1) is 0 Å². The second-order valence-electron chi connectivity index (χ2n) is 9.12. The first-order valence-electron chi connectivity index (χ1n) is 10.2. The maximum Gasteiger partial charge on any atom is 0.220 e. The third-order valence-electron chi connectivity index (χ3n) is 6.59. The molecule has 1 atom stereocenters. The molecule has 0 aromatic carbocycles. The van der Waals surface area contributed by atoms with Crippen LogP contribution in [0.25, 0.3) is 0 Å². The van der Waals surface area contributed by atoms with E-state index in [4.69, 9.17) is 4.99 Å². The van der Waals surface area contributed by atoms with Crippen LogP contribution in [0.2, 0.25) is 0 Å². The molecule has 2 N–H and O–H groups in total. The molecular weight excluding hydrogens is 312 g/mol. The normalized spacial score (nSPS) is 28.7. The number of piperidine rings is 1. The lowest BCUT2D eigenvalue weighted by Gasteiger charge is -2.41. The van der Waals surface area contributed by atoms with Crippen LogP contribution in [0, 0.1) is 16.7 Å². The van der Waals surface area contributed by atoms with Crippen molar-refractivity contribution in [1.29, 1.82) is 0 Å². The van der Waals surface area contributed by atoms with Gasteiger partial charge in [-0.1, -0.05) is 26.7 Å². The van der Waals surface area contributed by atoms with Crippen molar-refractivity contribution in [2.24, 2.45) is 21.7 Å². The Kier molecular flexibility index (Phi) is 5.59. The standard InChI is InChI=1S/C20H36N4O/c1-4-21-18(23-13-19(2,3)16-8-5-6-9-16)24-11-7-10-20(15-24)12-17(25)22-14-20/h16H,4-15H2,1-3H3,(H,21,23)(H,22,25). The minimum atomic E-state index is 0.118. The number of guanidine groups is 1. The van der Waals surface area contributed by atoms with Crippen LogP contribution in [0.4, 0.5) is 0 Å². The van der Waals surface area contributed by atoms with Gasteiger partial charge in [-0.05, 0) is 43.9 Å². The highest BCUT2D eigenvalue weighted by atomic mass is 16.1. The van der Waals surface area contributed by atoms with E-state index in [1.807, 2.05) is 0 Å². The van der Waals surface area contributed by atoms with Crippen LogP contribution in [-0.2, 0) is 4.79 Å². The summed E-state index contributed by atoms with van der Waals surface area (Å²) in [5, 5.41) is 6.54. The zero-order chi connectivity index (χ0) is 17.9. The van der Waals surface area contributed by atoms with E-state index in [2.05, 4.69) is 36.3 Å². The molecule has 3 rings (SSSR count). The van der Waals surface area contributed by atoms with Crippen molar-refractivity contribution >= 4 is 11.9 Å². The van der Waals surface area contributed by atoms with E-state index in [0.717, 1.165) is 57.4 Å². The summed E-state index contributed by atoms with van der Waals surface area (Å²) in [7, 11) is 0. The van der Waals surface area contributed by atoms with Gasteiger partial charge in [0.15, 0.2) is 5.96 Å². The molecule has 142 valence electrons. The zero-order valence-corrected chi connectivity index (χ0v) is 16.4.